The number of aromatic nitrogens is 1. The molecule has 0 amide bonds. The summed E-state index contributed by atoms with van der Waals surface area (Å²) >= 11 is 1.86. The number of thiazole rings is 1. The Morgan fingerprint density at radius 3 is 2.56 bits per heavy atom. The van der Waals surface area contributed by atoms with Gasteiger partial charge >= 0.3 is 0 Å². The Labute approximate surface area is 101 Å². The monoisotopic (exact) mass is 237 g/mol. The molecule has 1 heterocycles. The standard InChI is InChI=1S/C12H19N3S/c1-15(2)8-9-7-14-10(16-9)11(3-4-11)12(13)5-6-12/h7H,3-6,8,13H2,1-2H3. The fourth-order valence-electron chi connectivity index (χ4n) is 2.58. The maximum absolute atomic E-state index is 6.39. The van der Waals surface area contributed by atoms with Gasteiger partial charge in [0.2, 0.25) is 0 Å². The van der Waals surface area contributed by atoms with Crippen molar-refractivity contribution in [3.8, 4) is 0 Å². The second-order valence-corrected chi connectivity index (χ2v) is 6.72. The van der Waals surface area contributed by atoms with Crippen LogP contribution in [0.5, 0.6) is 0 Å². The normalized spacial score (nSPS) is 24.8. The van der Waals surface area contributed by atoms with Gasteiger partial charge in [-0.2, -0.15) is 0 Å². The van der Waals surface area contributed by atoms with Crippen LogP contribution in [0.3, 0.4) is 0 Å². The molecule has 2 aliphatic carbocycles. The van der Waals surface area contributed by atoms with Crippen molar-refractivity contribution in [2.24, 2.45) is 5.73 Å². The number of nitrogens with two attached hydrogens (primary N) is 1. The minimum Gasteiger partial charge on any atom is -0.324 e. The summed E-state index contributed by atoms with van der Waals surface area (Å²) in [5.74, 6) is 0. The van der Waals surface area contributed by atoms with Gasteiger partial charge < -0.3 is 10.6 Å². The Bertz CT molecular complexity index is 402. The van der Waals surface area contributed by atoms with Gasteiger partial charge in [-0.1, -0.05) is 0 Å². The van der Waals surface area contributed by atoms with Crippen LogP contribution in [0.1, 0.15) is 35.6 Å². The van der Waals surface area contributed by atoms with Gasteiger partial charge in [0.15, 0.2) is 0 Å². The fraction of sp³-hybridized carbons (Fsp3) is 0.750. The first kappa shape index (κ1) is 10.7. The van der Waals surface area contributed by atoms with E-state index in [0.29, 0.717) is 0 Å². The fourth-order valence-corrected chi connectivity index (χ4v) is 3.96. The summed E-state index contributed by atoms with van der Waals surface area (Å²) in [6.07, 6.45) is 6.91. The van der Waals surface area contributed by atoms with E-state index in [1.54, 1.807) is 0 Å². The first-order valence-corrected chi connectivity index (χ1v) is 6.76. The molecule has 16 heavy (non-hydrogen) atoms. The van der Waals surface area contributed by atoms with Crippen LogP contribution in [0.2, 0.25) is 0 Å². The molecule has 0 spiro atoms. The molecule has 1 aromatic rings. The molecule has 2 fully saturated rings. The highest BCUT2D eigenvalue weighted by atomic mass is 32.1. The lowest BCUT2D eigenvalue weighted by molar-refractivity contribution is 0.406. The van der Waals surface area contributed by atoms with Crippen LogP contribution in [0.15, 0.2) is 6.20 Å². The first-order valence-electron chi connectivity index (χ1n) is 5.95. The number of nitrogens with zero attached hydrogens (tertiary/aromatic N) is 2. The van der Waals surface area contributed by atoms with Crippen LogP contribution in [0.25, 0.3) is 0 Å². The molecule has 0 saturated heterocycles. The average molecular weight is 237 g/mol. The maximum Gasteiger partial charge on any atom is 0.101 e. The van der Waals surface area contributed by atoms with Crippen molar-refractivity contribution < 1.29 is 0 Å². The topological polar surface area (TPSA) is 42.2 Å². The van der Waals surface area contributed by atoms with Crippen molar-refractivity contribution in [1.82, 2.24) is 9.88 Å². The molecule has 88 valence electrons. The third kappa shape index (κ3) is 1.51. The van der Waals surface area contributed by atoms with Gasteiger partial charge in [0.1, 0.15) is 5.01 Å². The van der Waals surface area contributed by atoms with E-state index in [2.05, 4.69) is 24.0 Å². The lowest BCUT2D eigenvalue weighted by Crippen LogP contribution is -2.37. The molecular formula is C12H19N3S. The summed E-state index contributed by atoms with van der Waals surface area (Å²) in [6.45, 7) is 0.991. The second-order valence-electron chi connectivity index (χ2n) is 5.61. The van der Waals surface area contributed by atoms with Crippen molar-refractivity contribution in [3.63, 3.8) is 0 Å². The average Bonchev–Trinajstić information content (AvgIpc) is 3.10. The third-order valence-corrected chi connectivity index (χ3v) is 5.11. The van der Waals surface area contributed by atoms with Crippen LogP contribution in [0, 0.1) is 0 Å². The lowest BCUT2D eigenvalue weighted by Gasteiger charge is -2.19. The molecule has 2 N–H and O–H groups in total. The smallest absolute Gasteiger partial charge is 0.101 e. The quantitative estimate of drug-likeness (QED) is 0.867. The molecule has 2 saturated carbocycles. The Balaban J connectivity index is 1.82. The van der Waals surface area contributed by atoms with Crippen LogP contribution >= 0.6 is 11.3 Å². The Hall–Kier alpha value is -0.450. The van der Waals surface area contributed by atoms with E-state index in [0.717, 1.165) is 6.54 Å². The summed E-state index contributed by atoms with van der Waals surface area (Å²) in [6, 6.07) is 0. The zero-order chi connectivity index (χ0) is 11.4. The minimum atomic E-state index is 0.0975. The Kier molecular flexibility index (Phi) is 2.19. The lowest BCUT2D eigenvalue weighted by atomic mass is 9.95. The van der Waals surface area contributed by atoms with Crippen molar-refractivity contribution in [2.45, 2.75) is 43.2 Å². The van der Waals surface area contributed by atoms with Gasteiger partial charge in [0, 0.05) is 28.6 Å². The van der Waals surface area contributed by atoms with Crippen LogP contribution in [-0.4, -0.2) is 29.5 Å². The molecule has 4 heteroatoms. The highest BCUT2D eigenvalue weighted by Crippen LogP contribution is 2.64. The van der Waals surface area contributed by atoms with E-state index in [4.69, 9.17) is 5.73 Å². The predicted molar refractivity (Wildman–Crippen MR) is 66.6 cm³/mol. The molecule has 0 radical (unpaired) electrons. The van der Waals surface area contributed by atoms with Gasteiger partial charge in [-0.25, -0.2) is 4.98 Å². The van der Waals surface area contributed by atoms with Gasteiger partial charge in [-0.15, -0.1) is 11.3 Å². The summed E-state index contributed by atoms with van der Waals surface area (Å²) < 4.78 is 0. The van der Waals surface area contributed by atoms with E-state index < -0.39 is 0 Å². The van der Waals surface area contributed by atoms with Crippen LogP contribution < -0.4 is 5.73 Å². The van der Waals surface area contributed by atoms with Crippen molar-refractivity contribution in [1.29, 1.82) is 0 Å². The maximum atomic E-state index is 6.39. The van der Waals surface area contributed by atoms with Crippen LogP contribution in [-0.2, 0) is 12.0 Å². The largest absolute Gasteiger partial charge is 0.324 e. The van der Waals surface area contributed by atoms with Crippen molar-refractivity contribution in [3.05, 3.63) is 16.1 Å². The number of hydrogen-bond acceptors (Lipinski definition) is 4. The summed E-state index contributed by atoms with van der Waals surface area (Å²) in [5.41, 5.74) is 6.75. The molecular weight excluding hydrogens is 218 g/mol. The molecule has 0 atom stereocenters. The molecule has 3 nitrogen and oxygen atoms in total. The SMILES string of the molecule is CN(C)Cc1cnc(C2(C3(N)CC3)CC2)s1. The summed E-state index contributed by atoms with van der Waals surface area (Å²) in [7, 11) is 4.19. The van der Waals surface area contributed by atoms with Crippen LogP contribution in [0.4, 0.5) is 0 Å². The van der Waals surface area contributed by atoms with E-state index in [1.807, 2.05) is 17.5 Å². The van der Waals surface area contributed by atoms with Crippen molar-refractivity contribution >= 4 is 11.3 Å². The molecule has 2 aliphatic rings. The van der Waals surface area contributed by atoms with Crippen molar-refractivity contribution in [2.75, 3.05) is 14.1 Å². The molecule has 0 aliphatic heterocycles. The molecule has 3 rings (SSSR count). The summed E-state index contributed by atoms with van der Waals surface area (Å²) in [4.78, 5) is 8.17. The third-order valence-electron chi connectivity index (χ3n) is 3.93. The highest BCUT2D eigenvalue weighted by molar-refractivity contribution is 7.11. The van der Waals surface area contributed by atoms with E-state index in [9.17, 15) is 0 Å². The predicted octanol–water partition coefficient (Wildman–Crippen LogP) is 1.73. The Morgan fingerprint density at radius 2 is 2.06 bits per heavy atom. The van der Waals surface area contributed by atoms with Gasteiger partial charge in [-0.3, -0.25) is 0 Å². The minimum absolute atomic E-state index is 0.0975. The number of rotatable bonds is 4. The van der Waals surface area contributed by atoms with Gasteiger partial charge in [0.25, 0.3) is 0 Å². The molecule has 0 unspecified atom stereocenters. The zero-order valence-corrected chi connectivity index (χ0v) is 10.8. The first-order chi connectivity index (χ1) is 7.56. The summed E-state index contributed by atoms with van der Waals surface area (Å²) in [5, 5.41) is 1.30. The van der Waals surface area contributed by atoms with Gasteiger partial charge in [-0.05, 0) is 39.8 Å². The molecule has 1 aromatic heterocycles. The Morgan fingerprint density at radius 1 is 1.38 bits per heavy atom. The highest BCUT2D eigenvalue weighted by Gasteiger charge is 2.65. The van der Waals surface area contributed by atoms with Gasteiger partial charge in [0.05, 0.1) is 0 Å². The zero-order valence-electron chi connectivity index (χ0n) is 9.99. The number of hydrogen-bond donors (Lipinski definition) is 1. The van der Waals surface area contributed by atoms with E-state index >= 15 is 0 Å². The molecule has 0 bridgehead atoms. The van der Waals surface area contributed by atoms with E-state index in [-0.39, 0.29) is 11.0 Å². The molecule has 0 aromatic carbocycles. The van der Waals surface area contributed by atoms with E-state index in [1.165, 1.54) is 35.6 Å². The second kappa shape index (κ2) is 3.28.